The number of alkyl halides is 3. The van der Waals surface area contributed by atoms with Crippen molar-refractivity contribution < 1.29 is 17.6 Å². The van der Waals surface area contributed by atoms with Crippen LogP contribution in [0.2, 0.25) is 0 Å². The molecule has 1 fully saturated rings. The summed E-state index contributed by atoms with van der Waals surface area (Å²) in [5, 5.41) is 5.97. The van der Waals surface area contributed by atoms with Crippen LogP contribution in [0.15, 0.2) is 23.2 Å². The van der Waals surface area contributed by atoms with E-state index in [2.05, 4.69) is 32.5 Å². The Morgan fingerprint density at radius 1 is 1.10 bits per heavy atom. The molecular weight excluding hydrogens is 501 g/mol. The number of rotatable bonds is 7. The van der Waals surface area contributed by atoms with Gasteiger partial charge in [-0.2, -0.15) is 13.2 Å². The minimum atomic E-state index is -4.60. The SMILES string of the molecule is CN=C(NCCCCN1CCN(C)CC1)NCc1ccc(F)cc1C(F)(F)F.I. The monoisotopic (exact) mass is 531 g/mol. The number of nitrogens with zero attached hydrogens (tertiary/aromatic N) is 3. The van der Waals surface area contributed by atoms with Crippen LogP contribution in [-0.4, -0.2) is 69.1 Å². The highest BCUT2D eigenvalue weighted by Crippen LogP contribution is 2.32. The van der Waals surface area contributed by atoms with Crippen molar-refractivity contribution in [1.82, 2.24) is 20.4 Å². The molecule has 0 bridgehead atoms. The zero-order chi connectivity index (χ0) is 20.6. The molecule has 0 aromatic heterocycles. The smallest absolute Gasteiger partial charge is 0.356 e. The van der Waals surface area contributed by atoms with E-state index in [-0.39, 0.29) is 36.1 Å². The minimum Gasteiger partial charge on any atom is -0.356 e. The summed E-state index contributed by atoms with van der Waals surface area (Å²) in [6.45, 7) is 6.01. The van der Waals surface area contributed by atoms with Gasteiger partial charge in [0.05, 0.1) is 5.56 Å². The molecule has 0 saturated carbocycles. The van der Waals surface area contributed by atoms with E-state index in [1.807, 2.05) is 0 Å². The maximum Gasteiger partial charge on any atom is 0.416 e. The van der Waals surface area contributed by atoms with Crippen LogP contribution >= 0.6 is 24.0 Å². The van der Waals surface area contributed by atoms with Gasteiger partial charge in [0.15, 0.2) is 5.96 Å². The molecule has 0 amide bonds. The topological polar surface area (TPSA) is 42.9 Å². The van der Waals surface area contributed by atoms with E-state index >= 15 is 0 Å². The molecule has 10 heteroatoms. The molecule has 0 unspecified atom stereocenters. The van der Waals surface area contributed by atoms with Crippen molar-refractivity contribution in [2.45, 2.75) is 25.6 Å². The zero-order valence-corrected chi connectivity index (χ0v) is 19.2. The Morgan fingerprint density at radius 2 is 1.79 bits per heavy atom. The van der Waals surface area contributed by atoms with Crippen molar-refractivity contribution in [3.63, 3.8) is 0 Å². The van der Waals surface area contributed by atoms with Gasteiger partial charge in [0.1, 0.15) is 5.82 Å². The largest absolute Gasteiger partial charge is 0.416 e. The maximum atomic E-state index is 13.2. The van der Waals surface area contributed by atoms with E-state index in [4.69, 9.17) is 0 Å². The quantitative estimate of drug-likeness (QED) is 0.187. The molecule has 2 rings (SSSR count). The normalized spacial score (nSPS) is 16.4. The third-order valence-electron chi connectivity index (χ3n) is 4.84. The Bertz CT molecular complexity index is 646. The van der Waals surface area contributed by atoms with E-state index in [0.29, 0.717) is 18.6 Å². The predicted octanol–water partition coefficient (Wildman–Crippen LogP) is 3.16. The van der Waals surface area contributed by atoms with E-state index in [1.165, 1.54) is 0 Å². The second-order valence-electron chi connectivity index (χ2n) is 7.00. The Kier molecular flexibility index (Phi) is 11.2. The second kappa shape index (κ2) is 12.5. The maximum absolute atomic E-state index is 13.2. The van der Waals surface area contributed by atoms with Gasteiger partial charge in [0.25, 0.3) is 0 Å². The summed E-state index contributed by atoms with van der Waals surface area (Å²) in [7, 11) is 3.69. The van der Waals surface area contributed by atoms with E-state index in [1.54, 1.807) is 7.05 Å². The summed E-state index contributed by atoms with van der Waals surface area (Å²) in [5.74, 6) is -0.476. The van der Waals surface area contributed by atoms with Crippen LogP contribution in [0.5, 0.6) is 0 Å². The molecule has 0 atom stereocenters. The Hall–Kier alpha value is -1.14. The number of nitrogens with one attached hydrogen (secondary N) is 2. The van der Waals surface area contributed by atoms with Crippen molar-refractivity contribution in [2.75, 3.05) is 53.4 Å². The summed E-state index contributed by atoms with van der Waals surface area (Å²) in [5.41, 5.74) is -0.991. The summed E-state index contributed by atoms with van der Waals surface area (Å²) in [6, 6.07) is 2.70. The lowest BCUT2D eigenvalue weighted by Crippen LogP contribution is -2.44. The van der Waals surface area contributed by atoms with Crippen molar-refractivity contribution in [2.24, 2.45) is 4.99 Å². The first-order chi connectivity index (χ1) is 13.3. The van der Waals surface area contributed by atoms with Gasteiger partial charge in [0.2, 0.25) is 0 Å². The number of guanidine groups is 1. The number of halogens is 5. The van der Waals surface area contributed by atoms with Crippen LogP contribution < -0.4 is 10.6 Å². The molecule has 1 heterocycles. The van der Waals surface area contributed by atoms with Crippen LogP contribution in [0.4, 0.5) is 17.6 Å². The molecule has 5 nitrogen and oxygen atoms in total. The summed E-state index contributed by atoms with van der Waals surface area (Å²) >= 11 is 0. The van der Waals surface area contributed by atoms with Gasteiger partial charge < -0.3 is 20.4 Å². The van der Waals surface area contributed by atoms with E-state index in [0.717, 1.165) is 57.7 Å². The molecule has 0 aliphatic carbocycles. The van der Waals surface area contributed by atoms with Crippen molar-refractivity contribution in [3.05, 3.63) is 35.1 Å². The van der Waals surface area contributed by atoms with Crippen LogP contribution in [-0.2, 0) is 12.7 Å². The number of piperazine rings is 1. The molecular formula is C19H30F4IN5. The average Bonchev–Trinajstić information content (AvgIpc) is 2.65. The van der Waals surface area contributed by atoms with Gasteiger partial charge >= 0.3 is 6.18 Å². The molecule has 29 heavy (non-hydrogen) atoms. The summed E-state index contributed by atoms with van der Waals surface area (Å²) in [4.78, 5) is 8.79. The Balaban J connectivity index is 0.00000420. The number of likely N-dealkylation sites (N-methyl/N-ethyl adjacent to an activating group) is 1. The molecule has 1 aliphatic rings. The number of benzene rings is 1. The van der Waals surface area contributed by atoms with E-state index < -0.39 is 17.6 Å². The molecule has 1 saturated heterocycles. The van der Waals surface area contributed by atoms with Gasteiger partial charge in [-0.3, -0.25) is 4.99 Å². The van der Waals surface area contributed by atoms with Crippen LogP contribution in [0, 0.1) is 5.82 Å². The lowest BCUT2D eigenvalue weighted by Gasteiger charge is -2.32. The second-order valence-corrected chi connectivity index (χ2v) is 7.00. The third-order valence-corrected chi connectivity index (χ3v) is 4.84. The van der Waals surface area contributed by atoms with Gasteiger partial charge in [-0.15, -0.1) is 24.0 Å². The Labute approximate surface area is 186 Å². The van der Waals surface area contributed by atoms with Crippen molar-refractivity contribution >= 4 is 29.9 Å². The van der Waals surface area contributed by atoms with Crippen molar-refractivity contribution in [3.8, 4) is 0 Å². The number of unbranched alkanes of at least 4 members (excludes halogenated alkanes) is 1. The summed E-state index contributed by atoms with van der Waals surface area (Å²) in [6.07, 6.45) is -2.61. The number of hydrogen-bond donors (Lipinski definition) is 2. The van der Waals surface area contributed by atoms with Gasteiger partial charge in [-0.25, -0.2) is 4.39 Å². The predicted molar refractivity (Wildman–Crippen MR) is 118 cm³/mol. The fourth-order valence-corrected chi connectivity index (χ4v) is 3.10. The molecule has 166 valence electrons. The lowest BCUT2D eigenvalue weighted by molar-refractivity contribution is -0.138. The number of aliphatic imine (C=N–C) groups is 1. The van der Waals surface area contributed by atoms with Gasteiger partial charge in [-0.05, 0) is 44.1 Å². The fraction of sp³-hybridized carbons (Fsp3) is 0.632. The standard InChI is InChI=1S/C19H29F4N5.HI/c1-24-18(25-7-3-4-8-28-11-9-27(2)10-12-28)26-14-15-5-6-16(20)13-17(15)19(21,22)23;/h5-6,13H,3-4,7-12,14H2,1-2H3,(H2,24,25,26);1H. The third kappa shape index (κ3) is 9.04. The van der Waals surface area contributed by atoms with Crippen LogP contribution in [0.25, 0.3) is 0 Å². The molecule has 1 aromatic carbocycles. The zero-order valence-electron chi connectivity index (χ0n) is 16.9. The first kappa shape index (κ1) is 25.9. The molecule has 1 aliphatic heterocycles. The molecule has 1 aromatic rings. The highest BCUT2D eigenvalue weighted by molar-refractivity contribution is 14.0. The molecule has 0 spiro atoms. The highest BCUT2D eigenvalue weighted by atomic mass is 127. The molecule has 2 N–H and O–H groups in total. The van der Waals surface area contributed by atoms with Crippen molar-refractivity contribution in [1.29, 1.82) is 0 Å². The molecule has 0 radical (unpaired) electrons. The highest BCUT2D eigenvalue weighted by Gasteiger charge is 2.33. The number of hydrogen-bond acceptors (Lipinski definition) is 3. The summed E-state index contributed by atoms with van der Waals surface area (Å²) < 4.78 is 52.3. The Morgan fingerprint density at radius 3 is 2.41 bits per heavy atom. The lowest BCUT2D eigenvalue weighted by atomic mass is 10.1. The fourth-order valence-electron chi connectivity index (χ4n) is 3.10. The average molecular weight is 531 g/mol. The van der Waals surface area contributed by atoms with Crippen LogP contribution in [0.1, 0.15) is 24.0 Å². The minimum absolute atomic E-state index is 0. The van der Waals surface area contributed by atoms with Gasteiger partial charge in [0, 0.05) is 46.3 Å². The first-order valence-electron chi connectivity index (χ1n) is 9.50. The van der Waals surface area contributed by atoms with E-state index in [9.17, 15) is 17.6 Å². The first-order valence-corrected chi connectivity index (χ1v) is 9.50. The van der Waals surface area contributed by atoms with Crippen LogP contribution in [0.3, 0.4) is 0 Å². The van der Waals surface area contributed by atoms with Gasteiger partial charge in [-0.1, -0.05) is 6.07 Å².